The van der Waals surface area contributed by atoms with Crippen LogP contribution in [0.1, 0.15) is 49.4 Å². The fourth-order valence-corrected chi connectivity index (χ4v) is 3.99. The van der Waals surface area contributed by atoms with Gasteiger partial charge in [0.2, 0.25) is 10.0 Å². The van der Waals surface area contributed by atoms with Crippen molar-refractivity contribution in [1.29, 1.82) is 0 Å². The van der Waals surface area contributed by atoms with Crippen LogP contribution in [0.15, 0.2) is 23.1 Å². The first kappa shape index (κ1) is 20.2. The van der Waals surface area contributed by atoms with E-state index in [0.717, 1.165) is 32.3 Å². The first-order chi connectivity index (χ1) is 11.9. The summed E-state index contributed by atoms with van der Waals surface area (Å²) in [7, 11) is -3.70. The quantitative estimate of drug-likeness (QED) is 0.571. The predicted molar refractivity (Wildman–Crippen MR) is 97.5 cm³/mol. The molecule has 0 atom stereocenters. The van der Waals surface area contributed by atoms with Gasteiger partial charge in [-0.05, 0) is 43.9 Å². The summed E-state index contributed by atoms with van der Waals surface area (Å²) < 4.78 is 32.6. The van der Waals surface area contributed by atoms with Crippen molar-refractivity contribution in [3.63, 3.8) is 0 Å². The van der Waals surface area contributed by atoms with E-state index in [-0.39, 0.29) is 27.4 Å². The number of hydrogen-bond acceptors (Lipinski definition) is 4. The lowest BCUT2D eigenvalue weighted by molar-refractivity contribution is 0.0940. The van der Waals surface area contributed by atoms with Crippen molar-refractivity contribution in [2.75, 3.05) is 19.8 Å². The summed E-state index contributed by atoms with van der Waals surface area (Å²) in [6.45, 7) is 3.89. The van der Waals surface area contributed by atoms with E-state index in [1.807, 2.05) is 0 Å². The number of hydrogen-bond donors (Lipinski definition) is 2. The highest BCUT2D eigenvalue weighted by atomic mass is 35.5. The van der Waals surface area contributed by atoms with E-state index in [2.05, 4.69) is 17.0 Å². The van der Waals surface area contributed by atoms with Gasteiger partial charge in [-0.1, -0.05) is 24.9 Å². The van der Waals surface area contributed by atoms with Crippen LogP contribution in [0.3, 0.4) is 0 Å². The number of nitrogens with one attached hydrogen (secondary N) is 2. The highest BCUT2D eigenvalue weighted by Gasteiger charge is 2.29. The Bertz CT molecular complexity index is 690. The fourth-order valence-electron chi connectivity index (χ4n) is 2.16. The van der Waals surface area contributed by atoms with Crippen LogP contribution in [-0.4, -0.2) is 40.1 Å². The maximum atomic E-state index is 12.3. The van der Waals surface area contributed by atoms with E-state index < -0.39 is 10.0 Å². The van der Waals surface area contributed by atoms with Crippen LogP contribution in [0.2, 0.25) is 5.02 Å². The van der Waals surface area contributed by atoms with Crippen molar-refractivity contribution >= 4 is 27.5 Å². The first-order valence-electron chi connectivity index (χ1n) is 8.62. The Balaban J connectivity index is 1.88. The molecule has 1 aromatic rings. The molecule has 6 nitrogen and oxygen atoms in total. The second-order valence-corrected chi connectivity index (χ2v) is 8.21. The molecule has 1 aliphatic rings. The average Bonchev–Trinajstić information content (AvgIpc) is 3.37. The lowest BCUT2D eigenvalue weighted by atomic mass is 10.2. The molecule has 0 aromatic heterocycles. The largest absolute Gasteiger partial charge is 0.381 e. The van der Waals surface area contributed by atoms with Crippen LogP contribution < -0.4 is 10.0 Å². The highest BCUT2D eigenvalue weighted by Crippen LogP contribution is 2.26. The molecule has 1 fully saturated rings. The summed E-state index contributed by atoms with van der Waals surface area (Å²) in [5.41, 5.74) is 0.271. The number of amides is 1. The molecule has 0 unspecified atom stereocenters. The Kier molecular flexibility index (Phi) is 7.68. The summed E-state index contributed by atoms with van der Waals surface area (Å²) in [4.78, 5) is 12.1. The van der Waals surface area contributed by atoms with Crippen LogP contribution in [0.4, 0.5) is 0 Å². The minimum absolute atomic E-state index is 0.0220. The zero-order valence-corrected chi connectivity index (χ0v) is 16.0. The van der Waals surface area contributed by atoms with Crippen molar-refractivity contribution in [3.8, 4) is 0 Å². The third-order valence-corrected chi connectivity index (χ3v) is 5.78. The lowest BCUT2D eigenvalue weighted by Crippen LogP contribution is -2.28. The van der Waals surface area contributed by atoms with Crippen molar-refractivity contribution in [1.82, 2.24) is 10.0 Å². The van der Waals surface area contributed by atoms with Gasteiger partial charge in [0, 0.05) is 31.4 Å². The van der Waals surface area contributed by atoms with Crippen LogP contribution in [0.25, 0.3) is 0 Å². The van der Waals surface area contributed by atoms with Crippen LogP contribution >= 0.6 is 11.6 Å². The number of unbranched alkanes of at least 4 members (excludes halogenated alkanes) is 1. The lowest BCUT2D eigenvalue weighted by Gasteiger charge is -2.10. The Morgan fingerprint density at radius 2 is 2.00 bits per heavy atom. The topological polar surface area (TPSA) is 84.5 Å². The number of sulfonamides is 1. The van der Waals surface area contributed by atoms with Gasteiger partial charge in [0.15, 0.2) is 0 Å². The number of ether oxygens (including phenoxy) is 1. The van der Waals surface area contributed by atoms with Gasteiger partial charge < -0.3 is 10.1 Å². The van der Waals surface area contributed by atoms with E-state index in [4.69, 9.17) is 16.3 Å². The van der Waals surface area contributed by atoms with Gasteiger partial charge in [-0.15, -0.1) is 0 Å². The van der Waals surface area contributed by atoms with Crippen molar-refractivity contribution in [3.05, 3.63) is 28.8 Å². The zero-order chi connectivity index (χ0) is 18.3. The zero-order valence-electron chi connectivity index (χ0n) is 14.4. The van der Waals surface area contributed by atoms with Crippen molar-refractivity contribution in [2.45, 2.75) is 50.0 Å². The minimum atomic E-state index is -3.70. The summed E-state index contributed by atoms with van der Waals surface area (Å²) in [6, 6.07) is 4.25. The molecule has 8 heteroatoms. The summed E-state index contributed by atoms with van der Waals surface area (Å²) in [6.07, 6.45) is 4.49. The van der Waals surface area contributed by atoms with Gasteiger partial charge in [0.1, 0.15) is 4.90 Å². The van der Waals surface area contributed by atoms with Crippen LogP contribution in [0.5, 0.6) is 0 Å². The molecule has 25 heavy (non-hydrogen) atoms. The van der Waals surface area contributed by atoms with E-state index >= 15 is 0 Å². The molecule has 1 amide bonds. The van der Waals surface area contributed by atoms with Crippen LogP contribution in [0, 0.1) is 0 Å². The molecule has 0 radical (unpaired) electrons. The van der Waals surface area contributed by atoms with Gasteiger partial charge in [0.05, 0.1) is 5.02 Å². The third kappa shape index (κ3) is 6.58. The molecule has 0 bridgehead atoms. The van der Waals surface area contributed by atoms with E-state index in [0.29, 0.717) is 19.6 Å². The molecule has 0 saturated heterocycles. The van der Waals surface area contributed by atoms with Gasteiger partial charge in [-0.3, -0.25) is 4.79 Å². The number of rotatable bonds is 11. The Morgan fingerprint density at radius 1 is 1.28 bits per heavy atom. The molecular weight excluding hydrogens is 364 g/mol. The summed E-state index contributed by atoms with van der Waals surface area (Å²) >= 11 is 6.01. The average molecular weight is 389 g/mol. The van der Waals surface area contributed by atoms with Gasteiger partial charge in [-0.25, -0.2) is 13.1 Å². The molecule has 1 aliphatic carbocycles. The maximum Gasteiger partial charge on any atom is 0.251 e. The van der Waals surface area contributed by atoms with Gasteiger partial charge in [-0.2, -0.15) is 0 Å². The smallest absolute Gasteiger partial charge is 0.251 e. The number of carbonyl (C=O) groups excluding carboxylic acids is 1. The van der Waals surface area contributed by atoms with Gasteiger partial charge in [0.25, 0.3) is 5.91 Å². The number of carbonyl (C=O) groups is 1. The first-order valence-corrected chi connectivity index (χ1v) is 10.5. The third-order valence-electron chi connectivity index (χ3n) is 3.78. The van der Waals surface area contributed by atoms with Crippen molar-refractivity contribution < 1.29 is 17.9 Å². The molecule has 0 spiro atoms. The van der Waals surface area contributed by atoms with E-state index in [9.17, 15) is 13.2 Å². The Morgan fingerprint density at radius 3 is 2.68 bits per heavy atom. The Labute approximate surface area is 154 Å². The maximum absolute atomic E-state index is 12.3. The fraction of sp³-hybridized carbons (Fsp3) is 0.588. The predicted octanol–water partition coefficient (Wildman–Crippen LogP) is 2.72. The highest BCUT2D eigenvalue weighted by molar-refractivity contribution is 7.89. The molecule has 2 N–H and O–H groups in total. The number of halogens is 1. The Hall–Kier alpha value is -1.15. The second-order valence-electron chi connectivity index (χ2n) is 6.12. The molecule has 0 heterocycles. The number of benzene rings is 1. The molecule has 2 rings (SSSR count). The van der Waals surface area contributed by atoms with E-state index in [1.54, 1.807) is 0 Å². The van der Waals surface area contributed by atoms with Crippen molar-refractivity contribution in [2.24, 2.45) is 0 Å². The molecular formula is C17H25ClN2O4S. The normalized spacial score (nSPS) is 14.5. The molecule has 0 aliphatic heterocycles. The second kappa shape index (κ2) is 9.52. The summed E-state index contributed by atoms with van der Waals surface area (Å²) in [5, 5.41) is 2.87. The SMILES string of the molecule is CCCCOCCCNC(=O)c1ccc(Cl)c(S(=O)(=O)NC2CC2)c1. The standard InChI is InChI=1S/C17H25ClN2O4S/c1-2-3-10-24-11-4-9-19-17(21)13-5-8-15(18)16(12-13)25(22,23)20-14-6-7-14/h5,8,12,14,20H,2-4,6-7,9-11H2,1H3,(H,19,21). The van der Waals surface area contributed by atoms with Gasteiger partial charge >= 0.3 is 0 Å². The monoisotopic (exact) mass is 388 g/mol. The molecule has 1 saturated carbocycles. The van der Waals surface area contributed by atoms with Crippen LogP contribution in [-0.2, 0) is 14.8 Å². The minimum Gasteiger partial charge on any atom is -0.381 e. The summed E-state index contributed by atoms with van der Waals surface area (Å²) in [5.74, 6) is -0.326. The van der Waals surface area contributed by atoms with E-state index in [1.165, 1.54) is 18.2 Å². The molecule has 140 valence electrons. The molecule has 1 aromatic carbocycles.